The van der Waals surface area contributed by atoms with Crippen LogP contribution in [-0.4, -0.2) is 0 Å². The van der Waals surface area contributed by atoms with Crippen molar-refractivity contribution in [3.8, 4) is 0 Å². The van der Waals surface area contributed by atoms with Crippen molar-refractivity contribution in [3.05, 3.63) is 31.2 Å². The van der Waals surface area contributed by atoms with Gasteiger partial charge >= 0.3 is 0 Å². The standard InChI is InChI=1S/C7H4BrCl3/c1-3-4(9)2-5(10)6(8)7(3)11/h2H,1H3. The van der Waals surface area contributed by atoms with E-state index in [-0.39, 0.29) is 0 Å². The third kappa shape index (κ3) is 1.83. The zero-order valence-corrected chi connectivity index (χ0v) is 9.44. The van der Waals surface area contributed by atoms with Crippen LogP contribution in [0.25, 0.3) is 0 Å². The van der Waals surface area contributed by atoms with Gasteiger partial charge in [-0.1, -0.05) is 34.8 Å². The van der Waals surface area contributed by atoms with Crippen molar-refractivity contribution >= 4 is 50.7 Å². The van der Waals surface area contributed by atoms with Gasteiger partial charge in [0, 0.05) is 5.02 Å². The van der Waals surface area contributed by atoms with E-state index in [2.05, 4.69) is 15.9 Å². The Labute approximate surface area is 88.6 Å². The third-order valence-corrected chi connectivity index (χ3v) is 3.79. The lowest BCUT2D eigenvalue weighted by molar-refractivity contribution is 1.45. The van der Waals surface area contributed by atoms with E-state index in [9.17, 15) is 0 Å². The molecule has 0 fully saturated rings. The first-order valence-corrected chi connectivity index (χ1v) is 4.76. The maximum Gasteiger partial charge on any atom is 0.0607 e. The molecule has 11 heavy (non-hydrogen) atoms. The molecule has 0 aliphatic rings. The normalized spacial score (nSPS) is 10.3. The fourth-order valence-corrected chi connectivity index (χ4v) is 1.83. The van der Waals surface area contributed by atoms with Gasteiger partial charge in [-0.2, -0.15) is 0 Å². The number of halogens is 4. The number of rotatable bonds is 0. The van der Waals surface area contributed by atoms with Crippen LogP contribution < -0.4 is 0 Å². The van der Waals surface area contributed by atoms with E-state index < -0.39 is 0 Å². The highest BCUT2D eigenvalue weighted by atomic mass is 79.9. The lowest BCUT2D eigenvalue weighted by Crippen LogP contribution is -1.80. The maximum absolute atomic E-state index is 5.87. The Balaban J connectivity index is 3.46. The molecular formula is C7H4BrCl3. The molecule has 0 spiro atoms. The predicted molar refractivity (Wildman–Crippen MR) is 53.9 cm³/mol. The lowest BCUT2D eigenvalue weighted by atomic mass is 10.2. The van der Waals surface area contributed by atoms with Crippen molar-refractivity contribution in [2.75, 3.05) is 0 Å². The van der Waals surface area contributed by atoms with Crippen molar-refractivity contribution in [2.24, 2.45) is 0 Å². The summed E-state index contributed by atoms with van der Waals surface area (Å²) in [6, 6.07) is 1.66. The van der Waals surface area contributed by atoms with E-state index in [0.717, 1.165) is 5.56 Å². The minimum absolute atomic E-state index is 0.533. The Morgan fingerprint density at radius 1 is 1.18 bits per heavy atom. The van der Waals surface area contributed by atoms with E-state index in [1.807, 2.05) is 6.92 Å². The van der Waals surface area contributed by atoms with Crippen LogP contribution in [0, 0.1) is 6.92 Å². The molecule has 0 bridgehead atoms. The van der Waals surface area contributed by atoms with E-state index in [4.69, 9.17) is 34.8 Å². The van der Waals surface area contributed by atoms with Gasteiger partial charge in [-0.25, -0.2) is 0 Å². The topological polar surface area (TPSA) is 0 Å². The fraction of sp³-hybridized carbons (Fsp3) is 0.143. The first-order valence-electron chi connectivity index (χ1n) is 2.83. The van der Waals surface area contributed by atoms with Crippen LogP contribution in [-0.2, 0) is 0 Å². The van der Waals surface area contributed by atoms with Crippen LogP contribution >= 0.6 is 50.7 Å². The van der Waals surface area contributed by atoms with Crippen LogP contribution in [0.15, 0.2) is 10.5 Å². The van der Waals surface area contributed by atoms with Gasteiger partial charge in [0.25, 0.3) is 0 Å². The summed E-state index contributed by atoms with van der Waals surface area (Å²) in [6.07, 6.45) is 0. The van der Waals surface area contributed by atoms with E-state index in [0.29, 0.717) is 19.5 Å². The Kier molecular flexibility index (Phi) is 3.10. The van der Waals surface area contributed by atoms with Crippen molar-refractivity contribution < 1.29 is 0 Å². The molecule has 0 saturated carbocycles. The SMILES string of the molecule is Cc1c(Cl)cc(Cl)c(Br)c1Cl. The summed E-state index contributed by atoms with van der Waals surface area (Å²) in [5, 5.41) is 1.69. The number of benzene rings is 1. The number of hydrogen-bond acceptors (Lipinski definition) is 0. The quantitative estimate of drug-likeness (QED) is 0.474. The molecule has 0 aliphatic heterocycles. The van der Waals surface area contributed by atoms with Gasteiger partial charge in [-0.15, -0.1) is 0 Å². The average Bonchev–Trinajstić information content (AvgIpc) is 1.97. The van der Waals surface area contributed by atoms with Gasteiger partial charge in [-0.3, -0.25) is 0 Å². The molecule has 0 aromatic heterocycles. The summed E-state index contributed by atoms with van der Waals surface area (Å²) in [4.78, 5) is 0. The third-order valence-electron chi connectivity index (χ3n) is 1.34. The number of hydrogen-bond donors (Lipinski definition) is 0. The lowest BCUT2D eigenvalue weighted by Gasteiger charge is -2.04. The van der Waals surface area contributed by atoms with Crippen LogP contribution in [0.5, 0.6) is 0 Å². The second kappa shape index (κ2) is 3.53. The molecule has 0 amide bonds. The molecular weight excluding hydrogens is 270 g/mol. The summed E-state index contributed by atoms with van der Waals surface area (Å²) in [6.45, 7) is 1.84. The van der Waals surface area contributed by atoms with Crippen molar-refractivity contribution in [3.63, 3.8) is 0 Å². The van der Waals surface area contributed by atoms with E-state index >= 15 is 0 Å². The van der Waals surface area contributed by atoms with Crippen molar-refractivity contribution in [1.82, 2.24) is 0 Å². The Bertz CT molecular complexity index is 270. The second-order valence-electron chi connectivity index (χ2n) is 2.09. The molecule has 0 N–H and O–H groups in total. The van der Waals surface area contributed by atoms with E-state index in [1.165, 1.54) is 0 Å². The first-order chi connectivity index (χ1) is 5.04. The zero-order valence-electron chi connectivity index (χ0n) is 5.59. The summed E-state index contributed by atoms with van der Waals surface area (Å²) in [7, 11) is 0. The monoisotopic (exact) mass is 272 g/mol. The largest absolute Gasteiger partial charge is 0.0839 e. The first kappa shape index (κ1) is 9.66. The molecule has 1 aromatic carbocycles. The Morgan fingerprint density at radius 2 is 1.73 bits per heavy atom. The zero-order chi connectivity index (χ0) is 8.59. The van der Waals surface area contributed by atoms with Gasteiger partial charge in [0.15, 0.2) is 0 Å². The molecule has 1 rings (SSSR count). The Morgan fingerprint density at radius 3 is 2.27 bits per heavy atom. The van der Waals surface area contributed by atoms with Crippen LogP contribution in [0.1, 0.15) is 5.56 Å². The summed E-state index contributed by atoms with van der Waals surface area (Å²) in [5.41, 5.74) is 0.838. The van der Waals surface area contributed by atoms with Gasteiger partial charge in [0.2, 0.25) is 0 Å². The molecule has 0 saturated heterocycles. The molecule has 0 heterocycles. The average molecular weight is 274 g/mol. The van der Waals surface area contributed by atoms with Gasteiger partial charge in [-0.05, 0) is 34.5 Å². The molecule has 0 unspecified atom stereocenters. The second-order valence-corrected chi connectivity index (χ2v) is 4.08. The molecule has 4 heteroatoms. The van der Waals surface area contributed by atoms with Crippen LogP contribution in [0.2, 0.25) is 15.1 Å². The summed E-state index contributed by atoms with van der Waals surface area (Å²) >= 11 is 20.7. The van der Waals surface area contributed by atoms with Crippen molar-refractivity contribution in [2.45, 2.75) is 6.92 Å². The predicted octanol–water partition coefficient (Wildman–Crippen LogP) is 4.72. The summed E-state index contributed by atoms with van der Waals surface area (Å²) < 4.78 is 0.697. The highest BCUT2D eigenvalue weighted by molar-refractivity contribution is 9.10. The minimum Gasteiger partial charge on any atom is -0.0839 e. The van der Waals surface area contributed by atoms with Crippen LogP contribution in [0.4, 0.5) is 0 Å². The molecule has 0 atom stereocenters. The molecule has 0 aliphatic carbocycles. The van der Waals surface area contributed by atoms with Gasteiger partial charge < -0.3 is 0 Å². The fourth-order valence-electron chi connectivity index (χ4n) is 0.657. The molecule has 0 radical (unpaired) electrons. The maximum atomic E-state index is 5.87. The smallest absolute Gasteiger partial charge is 0.0607 e. The Hall–Kier alpha value is 0.570. The van der Waals surface area contributed by atoms with Gasteiger partial charge in [0.05, 0.1) is 14.5 Å². The molecule has 60 valence electrons. The summed E-state index contributed by atoms with van der Waals surface area (Å²) in [5.74, 6) is 0. The highest BCUT2D eigenvalue weighted by Crippen LogP contribution is 2.36. The van der Waals surface area contributed by atoms with Gasteiger partial charge in [0.1, 0.15) is 0 Å². The highest BCUT2D eigenvalue weighted by Gasteiger charge is 2.08. The van der Waals surface area contributed by atoms with E-state index in [1.54, 1.807) is 6.07 Å². The molecule has 1 aromatic rings. The minimum atomic E-state index is 0.533. The van der Waals surface area contributed by atoms with Crippen LogP contribution in [0.3, 0.4) is 0 Å². The molecule has 0 nitrogen and oxygen atoms in total. The van der Waals surface area contributed by atoms with Crippen molar-refractivity contribution in [1.29, 1.82) is 0 Å².